The lowest BCUT2D eigenvalue weighted by Crippen LogP contribution is -2.34. The minimum Gasteiger partial charge on any atom is -0.488 e. The molecule has 0 aliphatic carbocycles. The molecule has 1 fully saturated rings. The van der Waals surface area contributed by atoms with Crippen LogP contribution in [-0.2, 0) is 0 Å². The number of nitrogens with zero attached hydrogens (tertiary/aromatic N) is 2. The van der Waals surface area contributed by atoms with Crippen molar-refractivity contribution in [2.24, 2.45) is 0 Å². The molecule has 112 valence electrons. The van der Waals surface area contributed by atoms with E-state index in [1.165, 1.54) is 0 Å². The number of hydrogen-bond donors (Lipinski definition) is 1. The fourth-order valence-corrected chi connectivity index (χ4v) is 2.53. The molecule has 2 heterocycles. The van der Waals surface area contributed by atoms with E-state index in [0.29, 0.717) is 18.4 Å². The molecule has 5 nitrogen and oxygen atoms in total. The average Bonchev–Trinajstić information content (AvgIpc) is 2.46. The highest BCUT2D eigenvalue weighted by molar-refractivity contribution is 5.18. The van der Waals surface area contributed by atoms with Crippen molar-refractivity contribution in [1.29, 1.82) is 0 Å². The first-order valence-corrected chi connectivity index (χ1v) is 7.38. The van der Waals surface area contributed by atoms with E-state index < -0.39 is 0 Å². The zero-order valence-corrected chi connectivity index (χ0v) is 12.5. The maximum Gasteiger partial charge on any atom is 0.293 e. The summed E-state index contributed by atoms with van der Waals surface area (Å²) in [5, 5.41) is 3.32. The van der Waals surface area contributed by atoms with Crippen molar-refractivity contribution in [1.82, 2.24) is 14.8 Å². The van der Waals surface area contributed by atoms with Crippen LogP contribution in [0.15, 0.2) is 23.1 Å². The Hall–Kier alpha value is -1.33. The van der Waals surface area contributed by atoms with Crippen LogP contribution in [0.2, 0.25) is 0 Å². The average molecular weight is 279 g/mol. The summed E-state index contributed by atoms with van der Waals surface area (Å²) in [7, 11) is 4.07. The van der Waals surface area contributed by atoms with Crippen LogP contribution in [0.3, 0.4) is 0 Å². The van der Waals surface area contributed by atoms with Crippen molar-refractivity contribution in [3.8, 4) is 5.75 Å². The Balaban J connectivity index is 1.98. The highest BCUT2D eigenvalue weighted by Gasteiger charge is 2.17. The molecule has 0 amide bonds. The largest absolute Gasteiger partial charge is 0.488 e. The van der Waals surface area contributed by atoms with Gasteiger partial charge in [0.2, 0.25) is 0 Å². The van der Waals surface area contributed by atoms with Crippen LogP contribution in [-0.4, -0.2) is 49.8 Å². The number of ether oxygens (including phenoxy) is 1. The van der Waals surface area contributed by atoms with Gasteiger partial charge in [0.25, 0.3) is 5.56 Å². The fourth-order valence-electron chi connectivity index (χ4n) is 2.53. The Morgan fingerprint density at radius 1 is 1.40 bits per heavy atom. The van der Waals surface area contributed by atoms with Crippen LogP contribution in [0.25, 0.3) is 0 Å². The predicted octanol–water partition coefficient (Wildman–Crippen LogP) is 1.10. The topological polar surface area (TPSA) is 46.5 Å². The van der Waals surface area contributed by atoms with Gasteiger partial charge in [-0.2, -0.15) is 0 Å². The van der Waals surface area contributed by atoms with E-state index in [1.807, 2.05) is 30.9 Å². The standard InChI is InChI=1S/C15H25N3O2/c1-17(2)10-4-12-20-14-5-3-11-18(15(14)19)13-6-8-16-9-7-13/h3,5,11,13,16H,4,6-10,12H2,1-2H3. The third-order valence-corrected chi connectivity index (χ3v) is 3.65. The van der Waals surface area contributed by atoms with E-state index in [9.17, 15) is 4.79 Å². The summed E-state index contributed by atoms with van der Waals surface area (Å²) in [4.78, 5) is 14.5. The molecular weight excluding hydrogens is 254 g/mol. The van der Waals surface area contributed by atoms with E-state index in [1.54, 1.807) is 6.07 Å². The summed E-state index contributed by atoms with van der Waals surface area (Å²) in [5.41, 5.74) is 0.00394. The van der Waals surface area contributed by atoms with Crippen molar-refractivity contribution >= 4 is 0 Å². The highest BCUT2D eigenvalue weighted by atomic mass is 16.5. The third kappa shape index (κ3) is 4.08. The molecule has 1 N–H and O–H groups in total. The normalized spacial score (nSPS) is 16.6. The summed E-state index contributed by atoms with van der Waals surface area (Å²) in [6, 6.07) is 3.98. The summed E-state index contributed by atoms with van der Waals surface area (Å²) in [5.74, 6) is 0.477. The van der Waals surface area contributed by atoms with Crippen LogP contribution in [0.1, 0.15) is 25.3 Å². The van der Waals surface area contributed by atoms with Gasteiger partial charge in [-0.15, -0.1) is 0 Å². The van der Waals surface area contributed by atoms with Crippen molar-refractivity contribution in [3.05, 3.63) is 28.7 Å². The van der Waals surface area contributed by atoms with Gasteiger partial charge in [-0.05, 0) is 58.6 Å². The first-order chi connectivity index (χ1) is 9.68. The monoisotopic (exact) mass is 279 g/mol. The number of pyridine rings is 1. The maximum absolute atomic E-state index is 12.4. The van der Waals surface area contributed by atoms with Crippen molar-refractivity contribution in [2.75, 3.05) is 40.3 Å². The van der Waals surface area contributed by atoms with Crippen LogP contribution in [0.5, 0.6) is 5.75 Å². The lowest BCUT2D eigenvalue weighted by atomic mass is 10.1. The molecule has 0 bridgehead atoms. The van der Waals surface area contributed by atoms with E-state index in [0.717, 1.165) is 38.9 Å². The van der Waals surface area contributed by atoms with E-state index in [-0.39, 0.29) is 5.56 Å². The van der Waals surface area contributed by atoms with Crippen LogP contribution < -0.4 is 15.6 Å². The first kappa shape index (κ1) is 15.1. The van der Waals surface area contributed by atoms with E-state index in [4.69, 9.17) is 4.74 Å². The second-order valence-electron chi connectivity index (χ2n) is 5.57. The number of rotatable bonds is 6. The van der Waals surface area contributed by atoms with Gasteiger partial charge < -0.3 is 19.5 Å². The lowest BCUT2D eigenvalue weighted by Gasteiger charge is -2.25. The molecule has 0 radical (unpaired) electrons. The van der Waals surface area contributed by atoms with Crippen molar-refractivity contribution in [2.45, 2.75) is 25.3 Å². The Morgan fingerprint density at radius 3 is 2.85 bits per heavy atom. The molecule has 2 rings (SSSR count). The summed E-state index contributed by atoms with van der Waals surface area (Å²) in [6.07, 6.45) is 4.81. The fraction of sp³-hybridized carbons (Fsp3) is 0.667. The third-order valence-electron chi connectivity index (χ3n) is 3.65. The van der Waals surface area contributed by atoms with Gasteiger partial charge in [0.1, 0.15) is 0 Å². The van der Waals surface area contributed by atoms with Crippen molar-refractivity contribution in [3.63, 3.8) is 0 Å². The molecule has 1 aliphatic rings. The second kappa shape index (κ2) is 7.45. The summed E-state index contributed by atoms with van der Waals surface area (Å²) < 4.78 is 7.48. The molecule has 0 unspecified atom stereocenters. The van der Waals surface area contributed by atoms with Gasteiger partial charge in [-0.3, -0.25) is 4.79 Å². The van der Waals surface area contributed by atoms with Crippen LogP contribution >= 0.6 is 0 Å². The van der Waals surface area contributed by atoms with E-state index in [2.05, 4.69) is 10.2 Å². The van der Waals surface area contributed by atoms with Gasteiger partial charge in [0, 0.05) is 18.8 Å². The minimum absolute atomic E-state index is 0.00394. The van der Waals surface area contributed by atoms with Gasteiger partial charge in [0.05, 0.1) is 6.61 Å². The Morgan fingerprint density at radius 2 is 2.15 bits per heavy atom. The molecule has 1 aromatic heterocycles. The number of aromatic nitrogens is 1. The van der Waals surface area contributed by atoms with Crippen molar-refractivity contribution < 1.29 is 4.74 Å². The zero-order chi connectivity index (χ0) is 14.4. The first-order valence-electron chi connectivity index (χ1n) is 7.38. The molecule has 20 heavy (non-hydrogen) atoms. The molecule has 0 saturated carbocycles. The smallest absolute Gasteiger partial charge is 0.293 e. The highest BCUT2D eigenvalue weighted by Crippen LogP contribution is 2.17. The molecule has 1 aromatic rings. The summed E-state index contributed by atoms with van der Waals surface area (Å²) >= 11 is 0. The van der Waals surface area contributed by atoms with E-state index >= 15 is 0 Å². The van der Waals surface area contributed by atoms with Crippen LogP contribution in [0.4, 0.5) is 0 Å². The number of piperidine rings is 1. The van der Waals surface area contributed by atoms with Crippen LogP contribution in [0, 0.1) is 0 Å². The molecule has 1 saturated heterocycles. The predicted molar refractivity (Wildman–Crippen MR) is 80.5 cm³/mol. The quantitative estimate of drug-likeness (QED) is 0.792. The zero-order valence-electron chi connectivity index (χ0n) is 12.5. The van der Waals surface area contributed by atoms with Gasteiger partial charge in [0.15, 0.2) is 5.75 Å². The number of nitrogens with one attached hydrogen (secondary N) is 1. The lowest BCUT2D eigenvalue weighted by molar-refractivity contribution is 0.273. The van der Waals surface area contributed by atoms with Gasteiger partial charge in [-0.25, -0.2) is 0 Å². The minimum atomic E-state index is 0.00394. The second-order valence-corrected chi connectivity index (χ2v) is 5.57. The van der Waals surface area contributed by atoms with Gasteiger partial charge >= 0.3 is 0 Å². The SMILES string of the molecule is CN(C)CCCOc1cccn(C2CCNCC2)c1=O. The summed E-state index contributed by atoms with van der Waals surface area (Å²) in [6.45, 7) is 3.51. The molecule has 0 atom stereocenters. The maximum atomic E-state index is 12.4. The molecular formula is C15H25N3O2. The Bertz CT molecular complexity index is 464. The molecule has 0 aromatic carbocycles. The Kier molecular flexibility index (Phi) is 5.61. The van der Waals surface area contributed by atoms with Gasteiger partial charge in [-0.1, -0.05) is 0 Å². The molecule has 1 aliphatic heterocycles. The molecule has 5 heteroatoms. The Labute approximate surface area is 120 Å². The number of hydrogen-bond acceptors (Lipinski definition) is 4. The molecule has 0 spiro atoms.